The number of hydrogen-bond acceptors (Lipinski definition) is 10. The molecule has 1 aromatic heterocycles. The number of ether oxygens (including phenoxy) is 1. The number of primary amides is 1. The molecule has 12 nitrogen and oxygen atoms in total. The Labute approximate surface area is 216 Å². The van der Waals surface area contributed by atoms with Gasteiger partial charge in [0.05, 0.1) is 43.0 Å². The van der Waals surface area contributed by atoms with E-state index in [1.807, 2.05) is 0 Å². The van der Waals surface area contributed by atoms with Crippen LogP contribution in [0, 0.1) is 11.8 Å². The van der Waals surface area contributed by atoms with Crippen LogP contribution in [-0.2, 0) is 25.5 Å². The van der Waals surface area contributed by atoms with E-state index in [9.17, 15) is 34.8 Å². The van der Waals surface area contributed by atoms with Crippen molar-refractivity contribution in [2.45, 2.75) is 24.5 Å². The number of morpholine rings is 1. The van der Waals surface area contributed by atoms with Gasteiger partial charge in [-0.25, -0.2) is 4.98 Å². The van der Waals surface area contributed by atoms with Crippen molar-refractivity contribution in [3.8, 4) is 17.0 Å². The number of nitrogens with zero attached hydrogens (tertiary/aromatic N) is 2. The summed E-state index contributed by atoms with van der Waals surface area (Å²) in [6.07, 6.45) is 3.32. The quantitative estimate of drug-likeness (QED) is 0.301. The molecule has 2 fully saturated rings. The number of ketones is 2. The molecular formula is C26H26N4O8. The molecule has 4 unspecified atom stereocenters. The lowest BCUT2D eigenvalue weighted by molar-refractivity contribution is -0.157. The van der Waals surface area contributed by atoms with E-state index >= 15 is 0 Å². The summed E-state index contributed by atoms with van der Waals surface area (Å²) in [6, 6.07) is 1.94. The van der Waals surface area contributed by atoms with Crippen LogP contribution in [0.1, 0.15) is 17.5 Å². The van der Waals surface area contributed by atoms with Crippen LogP contribution in [0.2, 0.25) is 0 Å². The Morgan fingerprint density at radius 1 is 1.18 bits per heavy atom. The number of nitrogens with two attached hydrogens (primary N) is 1. The maximum atomic E-state index is 14.0. The fourth-order valence-electron chi connectivity index (χ4n) is 6.58. The van der Waals surface area contributed by atoms with Crippen LogP contribution in [-0.4, -0.2) is 90.7 Å². The number of rotatable bonds is 3. The second kappa shape index (κ2) is 8.51. The number of phenolic OH excluding ortho intramolecular Hbond substituents is 1. The molecule has 12 heteroatoms. The third-order valence-electron chi connectivity index (χ3n) is 8.28. The van der Waals surface area contributed by atoms with Crippen molar-refractivity contribution >= 4 is 23.2 Å². The fourth-order valence-corrected chi connectivity index (χ4v) is 6.58. The number of carbonyl (C=O) groups is 3. The zero-order valence-corrected chi connectivity index (χ0v) is 20.2. The van der Waals surface area contributed by atoms with E-state index in [0.717, 1.165) is 0 Å². The molecule has 1 saturated carbocycles. The fraction of sp³-hybridized carbons (Fsp3) is 0.385. The van der Waals surface area contributed by atoms with Gasteiger partial charge in [0.25, 0.3) is 5.91 Å². The van der Waals surface area contributed by atoms with Crippen molar-refractivity contribution in [2.75, 3.05) is 26.3 Å². The van der Waals surface area contributed by atoms with Crippen LogP contribution >= 0.6 is 0 Å². The van der Waals surface area contributed by atoms with Gasteiger partial charge >= 0.3 is 0 Å². The van der Waals surface area contributed by atoms with Crippen molar-refractivity contribution in [1.82, 2.24) is 14.9 Å². The molecule has 6 rings (SSSR count). The summed E-state index contributed by atoms with van der Waals surface area (Å²) in [5.74, 6) is -6.73. The summed E-state index contributed by atoms with van der Waals surface area (Å²) in [7, 11) is 0. The Bertz CT molecular complexity index is 1440. The summed E-state index contributed by atoms with van der Waals surface area (Å²) in [5.41, 5.74) is 3.66. The predicted molar refractivity (Wildman–Crippen MR) is 131 cm³/mol. The summed E-state index contributed by atoms with van der Waals surface area (Å²) in [6.45, 7) is 1.23. The number of hydrogen-bond donors (Lipinski definition) is 6. The molecule has 4 aliphatic rings. The van der Waals surface area contributed by atoms with Gasteiger partial charge in [0.2, 0.25) is 5.78 Å². The van der Waals surface area contributed by atoms with E-state index in [4.69, 9.17) is 10.5 Å². The molecular weight excluding hydrogens is 496 g/mol. The Kier molecular flexibility index (Phi) is 5.45. The Hall–Kier alpha value is -4.00. The highest BCUT2D eigenvalue weighted by atomic mass is 16.5. The third kappa shape index (κ3) is 3.20. The second-order valence-electron chi connectivity index (χ2n) is 10.1. The average molecular weight is 523 g/mol. The number of aliphatic hydroxyl groups is 3. The normalized spacial score (nSPS) is 29.7. The highest BCUT2D eigenvalue weighted by Gasteiger charge is 2.64. The minimum atomic E-state index is -2.67. The zero-order valence-electron chi connectivity index (χ0n) is 20.2. The molecule has 1 aliphatic heterocycles. The first-order valence-corrected chi connectivity index (χ1v) is 12.3. The third-order valence-corrected chi connectivity index (χ3v) is 8.28. The number of aromatic nitrogens is 2. The largest absolute Gasteiger partial charge is 0.508 e. The van der Waals surface area contributed by atoms with Gasteiger partial charge < -0.3 is 35.9 Å². The summed E-state index contributed by atoms with van der Waals surface area (Å²) >= 11 is 0. The first-order valence-electron chi connectivity index (χ1n) is 12.3. The molecule has 7 N–H and O–H groups in total. The lowest BCUT2D eigenvalue weighted by Crippen LogP contribution is -2.67. The molecule has 0 bridgehead atoms. The van der Waals surface area contributed by atoms with Crippen molar-refractivity contribution in [1.29, 1.82) is 0 Å². The number of imidazole rings is 1. The van der Waals surface area contributed by atoms with Gasteiger partial charge in [0.15, 0.2) is 11.4 Å². The number of aliphatic hydroxyl groups excluding tert-OH is 2. The van der Waals surface area contributed by atoms with E-state index in [2.05, 4.69) is 9.97 Å². The predicted octanol–water partition coefficient (Wildman–Crippen LogP) is 0.125. The zero-order chi connectivity index (χ0) is 26.9. The summed E-state index contributed by atoms with van der Waals surface area (Å²) in [5, 5.41) is 44.9. The van der Waals surface area contributed by atoms with Gasteiger partial charge in [-0.2, -0.15) is 0 Å². The van der Waals surface area contributed by atoms with E-state index in [-0.39, 0.29) is 29.7 Å². The molecule has 1 saturated heterocycles. The highest BCUT2D eigenvalue weighted by molar-refractivity contribution is 6.24. The van der Waals surface area contributed by atoms with Crippen molar-refractivity contribution in [2.24, 2.45) is 17.6 Å². The number of carbonyl (C=O) groups excluding carboxylic acids is 3. The monoisotopic (exact) mass is 522 g/mol. The number of H-pyrrole nitrogens is 1. The summed E-state index contributed by atoms with van der Waals surface area (Å²) < 4.78 is 5.39. The number of nitrogens with one attached hydrogen (secondary N) is 1. The van der Waals surface area contributed by atoms with Crippen LogP contribution in [0.3, 0.4) is 0 Å². The number of Topliss-reactive ketones (excluding diaryl/α,β-unsaturated/α-hetero) is 2. The van der Waals surface area contributed by atoms with Gasteiger partial charge in [0, 0.05) is 30.1 Å². The molecule has 0 spiro atoms. The lowest BCUT2D eigenvalue weighted by Gasteiger charge is -2.51. The van der Waals surface area contributed by atoms with Gasteiger partial charge in [-0.1, -0.05) is 0 Å². The molecule has 1 amide bonds. The lowest BCUT2D eigenvalue weighted by atomic mass is 9.57. The molecule has 2 aromatic rings. The molecule has 38 heavy (non-hydrogen) atoms. The minimum absolute atomic E-state index is 0.0308. The van der Waals surface area contributed by atoms with Gasteiger partial charge in [0.1, 0.15) is 22.8 Å². The summed E-state index contributed by atoms with van der Waals surface area (Å²) in [4.78, 5) is 48.6. The standard InChI is InChI=1S/C26H26N4O8/c27-25(36)19-22(33)20(30-3-5-38-6-4-30)14-8-11-7-13-12(15-9-28-10-29-15)1-2-16(31)18(13)21(32)17(11)23(34)26(14,37)24(19)35/h1-2,9-11,14,20,31-32,35,37H,3-8H2,(H2,27,36)(H,28,29). The molecule has 0 radical (unpaired) electrons. The van der Waals surface area contributed by atoms with E-state index < -0.39 is 58.0 Å². The first-order chi connectivity index (χ1) is 18.2. The molecule has 198 valence electrons. The number of aromatic hydroxyl groups is 1. The van der Waals surface area contributed by atoms with Crippen molar-refractivity contribution in [3.63, 3.8) is 0 Å². The highest BCUT2D eigenvalue weighted by Crippen LogP contribution is 2.53. The van der Waals surface area contributed by atoms with Crippen molar-refractivity contribution in [3.05, 3.63) is 52.7 Å². The Morgan fingerprint density at radius 3 is 2.58 bits per heavy atom. The van der Waals surface area contributed by atoms with E-state index in [1.165, 1.54) is 12.4 Å². The molecule has 3 aliphatic carbocycles. The number of benzene rings is 1. The number of fused-ring (bicyclic) bond motifs is 3. The molecule has 4 atom stereocenters. The maximum absolute atomic E-state index is 14.0. The number of aromatic amines is 1. The van der Waals surface area contributed by atoms with E-state index in [1.54, 1.807) is 17.2 Å². The topological polar surface area (TPSA) is 199 Å². The number of phenols is 1. The average Bonchev–Trinajstić information content (AvgIpc) is 3.41. The molecule has 2 heterocycles. The first kappa shape index (κ1) is 24.3. The Morgan fingerprint density at radius 2 is 1.92 bits per heavy atom. The van der Waals surface area contributed by atoms with E-state index in [0.29, 0.717) is 43.1 Å². The van der Waals surface area contributed by atoms with Crippen LogP contribution in [0.4, 0.5) is 0 Å². The second-order valence-corrected chi connectivity index (χ2v) is 10.1. The molecule has 1 aromatic carbocycles. The number of amides is 1. The van der Waals surface area contributed by atoms with Crippen LogP contribution in [0.15, 0.2) is 41.6 Å². The smallest absolute Gasteiger partial charge is 0.255 e. The van der Waals surface area contributed by atoms with Gasteiger partial charge in [-0.15, -0.1) is 0 Å². The maximum Gasteiger partial charge on any atom is 0.255 e. The van der Waals surface area contributed by atoms with Crippen molar-refractivity contribution < 1.29 is 39.5 Å². The van der Waals surface area contributed by atoms with Gasteiger partial charge in [-0.05, 0) is 36.5 Å². The minimum Gasteiger partial charge on any atom is -0.508 e. The van der Waals surface area contributed by atoms with Crippen LogP contribution < -0.4 is 5.73 Å². The van der Waals surface area contributed by atoms with Crippen LogP contribution in [0.25, 0.3) is 17.0 Å². The van der Waals surface area contributed by atoms with Gasteiger partial charge in [-0.3, -0.25) is 19.3 Å². The van der Waals surface area contributed by atoms with Crippen LogP contribution in [0.5, 0.6) is 5.75 Å². The Balaban J connectivity index is 1.55. The SMILES string of the molecule is NC(=O)C1=C(O)C2(O)C(=O)C3=C(O)c4c(O)ccc(-c5cnc[nH]5)c4CC3CC2C(N2CCOCC2)C1=O.